The number of ether oxygens (including phenoxy) is 3. The van der Waals surface area contributed by atoms with Crippen LogP contribution in [-0.4, -0.2) is 37.2 Å². The predicted molar refractivity (Wildman–Crippen MR) is 261 cm³/mol. The van der Waals surface area contributed by atoms with Crippen molar-refractivity contribution in [1.82, 2.24) is 0 Å². The zero-order valence-electron chi connectivity index (χ0n) is 39.7. The van der Waals surface area contributed by atoms with Gasteiger partial charge in [0.1, 0.15) is 13.2 Å². The fraction of sp³-hybridized carbons (Fsp3) is 0.691. The predicted octanol–water partition coefficient (Wildman–Crippen LogP) is 16.4. The summed E-state index contributed by atoms with van der Waals surface area (Å²) in [5.74, 6) is -0.943. The van der Waals surface area contributed by atoms with Gasteiger partial charge in [-0.15, -0.1) is 0 Å². The summed E-state index contributed by atoms with van der Waals surface area (Å²) in [6.07, 6.45) is 62.8. The molecule has 61 heavy (non-hydrogen) atoms. The minimum absolute atomic E-state index is 0.0922. The molecule has 0 spiro atoms. The Morgan fingerprint density at radius 3 is 1.08 bits per heavy atom. The highest BCUT2D eigenvalue weighted by atomic mass is 16.6. The van der Waals surface area contributed by atoms with E-state index in [1.165, 1.54) is 57.8 Å². The maximum absolute atomic E-state index is 12.8. The van der Waals surface area contributed by atoms with Crippen molar-refractivity contribution in [3.05, 3.63) is 85.1 Å². The van der Waals surface area contributed by atoms with Crippen molar-refractivity contribution in [2.75, 3.05) is 13.2 Å². The summed E-state index contributed by atoms with van der Waals surface area (Å²) < 4.78 is 16.7. The molecule has 0 amide bonds. The molecule has 0 radical (unpaired) electrons. The average Bonchev–Trinajstić information content (AvgIpc) is 3.26. The van der Waals surface area contributed by atoms with Crippen LogP contribution in [0.5, 0.6) is 0 Å². The molecular weight excluding hydrogens is 757 g/mol. The van der Waals surface area contributed by atoms with Crippen LogP contribution >= 0.6 is 0 Å². The van der Waals surface area contributed by atoms with Crippen LogP contribution < -0.4 is 0 Å². The van der Waals surface area contributed by atoms with E-state index in [1.54, 1.807) is 0 Å². The maximum Gasteiger partial charge on any atom is 0.306 e. The van der Waals surface area contributed by atoms with Crippen LogP contribution in [0.4, 0.5) is 0 Å². The Morgan fingerprint density at radius 2 is 0.672 bits per heavy atom. The third kappa shape index (κ3) is 47.5. The van der Waals surface area contributed by atoms with E-state index in [0.717, 1.165) is 128 Å². The van der Waals surface area contributed by atoms with Crippen molar-refractivity contribution in [1.29, 1.82) is 0 Å². The van der Waals surface area contributed by atoms with E-state index in [9.17, 15) is 14.4 Å². The Labute approximate surface area is 375 Å². The Kier molecular flexibility index (Phi) is 46.5. The molecule has 0 aliphatic rings. The molecule has 1 unspecified atom stereocenters. The second-order valence-corrected chi connectivity index (χ2v) is 16.3. The van der Waals surface area contributed by atoms with Gasteiger partial charge >= 0.3 is 17.9 Å². The monoisotopic (exact) mass is 849 g/mol. The van der Waals surface area contributed by atoms with E-state index in [4.69, 9.17) is 14.2 Å². The largest absolute Gasteiger partial charge is 0.462 e. The van der Waals surface area contributed by atoms with Crippen LogP contribution in [0, 0.1) is 0 Å². The summed E-state index contributed by atoms with van der Waals surface area (Å²) in [4.78, 5) is 37.9. The fourth-order valence-electron chi connectivity index (χ4n) is 6.62. The van der Waals surface area contributed by atoms with Gasteiger partial charge in [0.15, 0.2) is 6.10 Å². The number of carbonyl (C=O) groups is 3. The molecule has 0 fully saturated rings. The zero-order valence-corrected chi connectivity index (χ0v) is 39.7. The number of hydrogen-bond acceptors (Lipinski definition) is 6. The standard InChI is InChI=1S/C55H92O6/c1-4-7-10-13-16-19-22-24-25-26-27-28-29-31-33-36-39-42-45-48-54(57)60-51-52(50-59-53(56)47-44-41-38-35-32-21-18-15-12-9-6-3)61-55(58)49-46-43-40-37-34-30-23-20-17-14-11-8-5-2/h7,10-11,14,16,19-20,23-25,27-28,31,33,52H,4-6,8-9,12-13,15,17-18,21-22,26,29-30,32,34-51H2,1-3H3/b10-7-,14-11-,19-16-,23-20-,25-24-,28-27-,33-31-. The molecule has 6 nitrogen and oxygen atoms in total. The molecule has 0 rings (SSSR count). The van der Waals surface area contributed by atoms with E-state index in [0.29, 0.717) is 19.3 Å². The number of carbonyl (C=O) groups excluding carboxylic acids is 3. The first kappa shape index (κ1) is 57.6. The highest BCUT2D eigenvalue weighted by molar-refractivity contribution is 5.71. The summed E-state index contributed by atoms with van der Waals surface area (Å²) >= 11 is 0. The third-order valence-electron chi connectivity index (χ3n) is 10.4. The minimum atomic E-state index is -0.795. The molecule has 0 aliphatic heterocycles. The van der Waals surface area contributed by atoms with E-state index < -0.39 is 6.10 Å². The van der Waals surface area contributed by atoms with Crippen molar-refractivity contribution >= 4 is 17.9 Å². The zero-order chi connectivity index (χ0) is 44.4. The van der Waals surface area contributed by atoms with Crippen molar-refractivity contribution in [2.24, 2.45) is 0 Å². The summed E-state index contributed by atoms with van der Waals surface area (Å²) in [5, 5.41) is 0. The SMILES string of the molecule is CC/C=C\C/C=C\C/C=C\C/C=C\C/C=C\CCCCCC(=O)OCC(COC(=O)CCCCCCCCCCCCC)OC(=O)CCCCCCC/C=C\C/C=C\CCC. The molecule has 0 aromatic heterocycles. The average molecular weight is 849 g/mol. The molecule has 0 aromatic rings. The Morgan fingerprint density at radius 1 is 0.344 bits per heavy atom. The molecule has 6 heteroatoms. The second-order valence-electron chi connectivity index (χ2n) is 16.3. The molecule has 0 saturated carbocycles. The third-order valence-corrected chi connectivity index (χ3v) is 10.4. The highest BCUT2D eigenvalue weighted by Gasteiger charge is 2.19. The van der Waals surface area contributed by atoms with Gasteiger partial charge in [-0.3, -0.25) is 14.4 Å². The van der Waals surface area contributed by atoms with Gasteiger partial charge in [0.2, 0.25) is 0 Å². The van der Waals surface area contributed by atoms with Crippen molar-refractivity contribution in [2.45, 2.75) is 232 Å². The maximum atomic E-state index is 12.8. The summed E-state index contributed by atoms with van der Waals surface area (Å²) in [6.45, 7) is 6.40. The first-order valence-electron chi connectivity index (χ1n) is 25.1. The van der Waals surface area contributed by atoms with Gasteiger partial charge in [0, 0.05) is 19.3 Å². The number of esters is 3. The number of unbranched alkanes of at least 4 members (excludes halogenated alkanes) is 19. The van der Waals surface area contributed by atoms with Crippen LogP contribution in [0.1, 0.15) is 226 Å². The molecule has 0 heterocycles. The number of rotatable bonds is 44. The second kappa shape index (κ2) is 49.2. The van der Waals surface area contributed by atoms with E-state index in [-0.39, 0.29) is 31.1 Å². The smallest absolute Gasteiger partial charge is 0.306 e. The summed E-state index contributed by atoms with van der Waals surface area (Å²) in [6, 6.07) is 0. The fourth-order valence-corrected chi connectivity index (χ4v) is 6.62. The molecular formula is C55H92O6. The van der Waals surface area contributed by atoms with Gasteiger partial charge in [0.05, 0.1) is 0 Å². The summed E-state index contributed by atoms with van der Waals surface area (Å²) in [7, 11) is 0. The van der Waals surface area contributed by atoms with Crippen LogP contribution in [-0.2, 0) is 28.6 Å². The van der Waals surface area contributed by atoms with Gasteiger partial charge in [-0.1, -0.05) is 202 Å². The molecule has 0 bridgehead atoms. The first-order chi connectivity index (χ1) is 30.0. The topological polar surface area (TPSA) is 78.9 Å². The van der Waals surface area contributed by atoms with Crippen LogP contribution in [0.2, 0.25) is 0 Å². The van der Waals surface area contributed by atoms with Gasteiger partial charge in [-0.25, -0.2) is 0 Å². The lowest BCUT2D eigenvalue weighted by molar-refractivity contribution is -0.167. The van der Waals surface area contributed by atoms with Crippen LogP contribution in [0.25, 0.3) is 0 Å². The summed E-state index contributed by atoms with van der Waals surface area (Å²) in [5.41, 5.74) is 0. The van der Waals surface area contributed by atoms with Gasteiger partial charge in [-0.2, -0.15) is 0 Å². The molecule has 348 valence electrons. The Hall–Kier alpha value is -3.41. The Balaban J connectivity index is 4.44. The molecule has 1 atom stereocenters. The molecule has 0 saturated heterocycles. The van der Waals surface area contributed by atoms with E-state index >= 15 is 0 Å². The molecule has 0 aromatic carbocycles. The van der Waals surface area contributed by atoms with E-state index in [1.807, 2.05) is 0 Å². The van der Waals surface area contributed by atoms with Crippen molar-refractivity contribution < 1.29 is 28.6 Å². The normalized spacial score (nSPS) is 12.8. The highest BCUT2D eigenvalue weighted by Crippen LogP contribution is 2.14. The molecule has 0 aliphatic carbocycles. The lowest BCUT2D eigenvalue weighted by Gasteiger charge is -2.18. The van der Waals surface area contributed by atoms with Crippen molar-refractivity contribution in [3.8, 4) is 0 Å². The van der Waals surface area contributed by atoms with Crippen LogP contribution in [0.15, 0.2) is 85.1 Å². The lowest BCUT2D eigenvalue weighted by atomic mass is 10.1. The number of allylic oxidation sites excluding steroid dienone is 14. The van der Waals surface area contributed by atoms with Crippen LogP contribution in [0.3, 0.4) is 0 Å². The quantitative estimate of drug-likeness (QED) is 0.0263. The van der Waals surface area contributed by atoms with Gasteiger partial charge in [-0.05, 0) is 89.9 Å². The van der Waals surface area contributed by atoms with Gasteiger partial charge in [0.25, 0.3) is 0 Å². The molecule has 0 N–H and O–H groups in total. The first-order valence-corrected chi connectivity index (χ1v) is 25.1. The van der Waals surface area contributed by atoms with E-state index in [2.05, 4.69) is 106 Å². The van der Waals surface area contributed by atoms with Gasteiger partial charge < -0.3 is 14.2 Å². The minimum Gasteiger partial charge on any atom is -0.462 e. The lowest BCUT2D eigenvalue weighted by Crippen LogP contribution is -2.30. The van der Waals surface area contributed by atoms with Crippen molar-refractivity contribution in [3.63, 3.8) is 0 Å². The number of hydrogen-bond donors (Lipinski definition) is 0. The Bertz CT molecular complexity index is 1200.